The van der Waals surface area contributed by atoms with Gasteiger partial charge in [-0.2, -0.15) is 0 Å². The Morgan fingerprint density at radius 2 is 1.72 bits per heavy atom. The summed E-state index contributed by atoms with van der Waals surface area (Å²) < 4.78 is 18.6. The number of likely N-dealkylation sites (tertiary alicyclic amines) is 1. The van der Waals surface area contributed by atoms with Crippen molar-refractivity contribution >= 4 is 29.1 Å². The number of ketones is 1. The third-order valence-corrected chi connectivity index (χ3v) is 4.81. The Labute approximate surface area is 171 Å². The van der Waals surface area contributed by atoms with E-state index in [0.29, 0.717) is 16.1 Å². The lowest BCUT2D eigenvalue weighted by atomic mass is 9.95. The van der Waals surface area contributed by atoms with Crippen molar-refractivity contribution < 1.29 is 28.9 Å². The predicted molar refractivity (Wildman–Crippen MR) is 105 cm³/mol. The molecule has 0 spiro atoms. The molecule has 1 heterocycles. The van der Waals surface area contributed by atoms with Crippen LogP contribution in [0.15, 0.2) is 54.1 Å². The second-order valence-corrected chi connectivity index (χ2v) is 6.82. The minimum atomic E-state index is -0.899. The van der Waals surface area contributed by atoms with Gasteiger partial charge in [-0.3, -0.25) is 9.59 Å². The minimum Gasteiger partial charge on any atom is -0.507 e. The molecule has 0 saturated carbocycles. The van der Waals surface area contributed by atoms with E-state index < -0.39 is 23.5 Å². The number of hydrogen-bond acceptors (Lipinski definition) is 5. The Morgan fingerprint density at radius 1 is 1.07 bits per heavy atom. The Hall–Kier alpha value is -2.74. The Morgan fingerprint density at radius 3 is 2.34 bits per heavy atom. The number of aliphatic hydroxyl groups excluding tert-OH is 2. The van der Waals surface area contributed by atoms with Crippen molar-refractivity contribution in [1.82, 2.24) is 4.90 Å². The van der Waals surface area contributed by atoms with Crippen molar-refractivity contribution in [2.45, 2.75) is 6.04 Å². The van der Waals surface area contributed by atoms with Crippen molar-refractivity contribution in [2.24, 2.45) is 0 Å². The molecule has 1 aliphatic heterocycles. The summed E-state index contributed by atoms with van der Waals surface area (Å²) in [5.74, 6) is -2.43. The zero-order valence-corrected chi connectivity index (χ0v) is 16.1. The molecule has 0 aliphatic carbocycles. The van der Waals surface area contributed by atoms with Gasteiger partial charge in [-0.15, -0.1) is 0 Å². The van der Waals surface area contributed by atoms with Gasteiger partial charge < -0.3 is 19.8 Å². The first-order valence-electron chi connectivity index (χ1n) is 8.92. The number of nitrogens with zero attached hydrogens (tertiary/aromatic N) is 1. The fourth-order valence-electron chi connectivity index (χ4n) is 3.20. The van der Waals surface area contributed by atoms with E-state index in [2.05, 4.69) is 0 Å². The number of ether oxygens (including phenoxy) is 1. The average molecular weight is 420 g/mol. The zero-order chi connectivity index (χ0) is 21.0. The lowest BCUT2D eigenvalue weighted by Gasteiger charge is -2.25. The SMILES string of the molecule is O=C1C(=O)N(CCOCCO)C(c2ccc(F)cc2)/C1=C(\O)c1ccc(Cl)cc1. The van der Waals surface area contributed by atoms with E-state index >= 15 is 0 Å². The molecule has 1 saturated heterocycles. The van der Waals surface area contributed by atoms with Crippen LogP contribution >= 0.6 is 11.6 Å². The molecule has 1 amide bonds. The van der Waals surface area contributed by atoms with Gasteiger partial charge in [-0.05, 0) is 42.0 Å². The second-order valence-electron chi connectivity index (χ2n) is 6.39. The summed E-state index contributed by atoms with van der Waals surface area (Å²) in [6.07, 6.45) is 0. The van der Waals surface area contributed by atoms with E-state index in [1.54, 1.807) is 12.1 Å². The largest absolute Gasteiger partial charge is 0.507 e. The number of halogens is 2. The van der Waals surface area contributed by atoms with Crippen molar-refractivity contribution in [3.8, 4) is 0 Å². The Bertz CT molecular complexity index is 927. The van der Waals surface area contributed by atoms with E-state index in [1.165, 1.54) is 41.3 Å². The van der Waals surface area contributed by atoms with Gasteiger partial charge in [-0.1, -0.05) is 23.7 Å². The first-order valence-corrected chi connectivity index (χ1v) is 9.30. The molecule has 152 valence electrons. The predicted octanol–water partition coefficient (Wildman–Crippen LogP) is 2.91. The highest BCUT2D eigenvalue weighted by Crippen LogP contribution is 2.39. The number of aliphatic hydroxyl groups is 2. The molecule has 6 nitrogen and oxygen atoms in total. The molecule has 3 rings (SSSR count). The van der Waals surface area contributed by atoms with Crippen molar-refractivity contribution in [3.63, 3.8) is 0 Å². The van der Waals surface area contributed by atoms with Gasteiger partial charge in [0.25, 0.3) is 11.7 Å². The summed E-state index contributed by atoms with van der Waals surface area (Å²) >= 11 is 5.88. The van der Waals surface area contributed by atoms with E-state index in [-0.39, 0.29) is 37.7 Å². The van der Waals surface area contributed by atoms with Gasteiger partial charge in [0.1, 0.15) is 11.6 Å². The standard InChI is InChI=1S/C21H19ClFNO5/c22-15-5-1-14(2-6-15)19(26)17-18(13-3-7-16(23)8-4-13)24(21(28)20(17)27)9-11-29-12-10-25/h1-8,18,25-26H,9-12H2/b19-17+. The molecular formula is C21H19ClFNO5. The van der Waals surface area contributed by atoms with Crippen LogP contribution < -0.4 is 0 Å². The molecule has 0 bridgehead atoms. The van der Waals surface area contributed by atoms with Gasteiger partial charge in [0, 0.05) is 17.1 Å². The minimum absolute atomic E-state index is 0.0595. The second kappa shape index (κ2) is 9.17. The molecular weight excluding hydrogens is 401 g/mol. The van der Waals surface area contributed by atoms with Crippen LogP contribution in [0.25, 0.3) is 5.76 Å². The maximum absolute atomic E-state index is 13.4. The van der Waals surface area contributed by atoms with E-state index in [1.807, 2.05) is 0 Å². The fourth-order valence-corrected chi connectivity index (χ4v) is 3.32. The molecule has 1 unspecified atom stereocenters. The highest BCUT2D eigenvalue weighted by molar-refractivity contribution is 6.46. The molecule has 1 aliphatic rings. The van der Waals surface area contributed by atoms with Gasteiger partial charge in [0.05, 0.1) is 31.4 Å². The molecule has 1 fully saturated rings. The van der Waals surface area contributed by atoms with E-state index in [9.17, 15) is 19.1 Å². The third kappa shape index (κ3) is 4.48. The quantitative estimate of drug-likeness (QED) is 0.312. The van der Waals surface area contributed by atoms with Crippen LogP contribution in [0.1, 0.15) is 17.2 Å². The molecule has 0 aromatic heterocycles. The van der Waals surface area contributed by atoms with Crippen LogP contribution in [-0.2, 0) is 14.3 Å². The maximum atomic E-state index is 13.4. The molecule has 2 aromatic rings. The summed E-state index contributed by atoms with van der Waals surface area (Å²) in [6.45, 7) is 0.0724. The first kappa shape index (κ1) is 21.0. The molecule has 0 radical (unpaired) electrons. The van der Waals surface area contributed by atoms with Gasteiger partial charge in [-0.25, -0.2) is 4.39 Å². The summed E-state index contributed by atoms with van der Waals surface area (Å²) in [5, 5.41) is 20.1. The maximum Gasteiger partial charge on any atom is 0.295 e. The van der Waals surface area contributed by atoms with Gasteiger partial charge >= 0.3 is 0 Å². The molecule has 1 atom stereocenters. The normalized spacial score (nSPS) is 18.4. The van der Waals surface area contributed by atoms with Crippen LogP contribution in [0.4, 0.5) is 4.39 Å². The third-order valence-electron chi connectivity index (χ3n) is 4.56. The number of rotatable bonds is 7. The van der Waals surface area contributed by atoms with Crippen LogP contribution in [0.3, 0.4) is 0 Å². The summed E-state index contributed by atoms with van der Waals surface area (Å²) in [6, 6.07) is 10.7. The zero-order valence-electron chi connectivity index (χ0n) is 15.3. The number of hydrogen-bond donors (Lipinski definition) is 2. The summed E-state index contributed by atoms with van der Waals surface area (Å²) in [4.78, 5) is 26.7. The number of Topliss-reactive ketones (excluding diaryl/α,β-unsaturated/α-hetero) is 1. The fraction of sp³-hybridized carbons (Fsp3) is 0.238. The van der Waals surface area contributed by atoms with Crippen LogP contribution in [0.2, 0.25) is 5.02 Å². The summed E-state index contributed by atoms with van der Waals surface area (Å²) in [7, 11) is 0. The average Bonchev–Trinajstić information content (AvgIpc) is 2.96. The molecule has 8 heteroatoms. The lowest BCUT2D eigenvalue weighted by molar-refractivity contribution is -0.140. The first-order chi connectivity index (χ1) is 13.9. The summed E-state index contributed by atoms with van der Waals surface area (Å²) in [5.41, 5.74) is 0.713. The number of carbonyl (C=O) groups excluding carboxylic acids is 2. The van der Waals surface area contributed by atoms with Crippen molar-refractivity contribution in [2.75, 3.05) is 26.4 Å². The molecule has 29 heavy (non-hydrogen) atoms. The van der Waals surface area contributed by atoms with Crippen LogP contribution in [0.5, 0.6) is 0 Å². The number of benzene rings is 2. The molecule has 2 N–H and O–H groups in total. The van der Waals surface area contributed by atoms with E-state index in [0.717, 1.165) is 0 Å². The monoisotopic (exact) mass is 419 g/mol. The Balaban J connectivity index is 2.05. The smallest absolute Gasteiger partial charge is 0.295 e. The van der Waals surface area contributed by atoms with Crippen molar-refractivity contribution in [3.05, 3.63) is 76.1 Å². The lowest BCUT2D eigenvalue weighted by Crippen LogP contribution is -2.33. The number of carbonyl (C=O) groups is 2. The van der Waals surface area contributed by atoms with E-state index in [4.69, 9.17) is 21.4 Å². The highest BCUT2D eigenvalue weighted by Gasteiger charge is 2.45. The van der Waals surface area contributed by atoms with Crippen molar-refractivity contribution in [1.29, 1.82) is 0 Å². The molecule has 2 aromatic carbocycles. The highest BCUT2D eigenvalue weighted by atomic mass is 35.5. The Kier molecular flexibility index (Phi) is 6.64. The van der Waals surface area contributed by atoms with Gasteiger partial charge in [0.15, 0.2) is 0 Å². The van der Waals surface area contributed by atoms with Gasteiger partial charge in [0.2, 0.25) is 0 Å². The van der Waals surface area contributed by atoms with Crippen LogP contribution in [-0.4, -0.2) is 53.2 Å². The number of amides is 1. The van der Waals surface area contributed by atoms with Crippen LogP contribution in [0, 0.1) is 5.82 Å². The topological polar surface area (TPSA) is 87.1 Å².